The number of hydrogen-bond acceptors (Lipinski definition) is 3. The van der Waals surface area contributed by atoms with E-state index in [1.54, 1.807) is 17.8 Å². The molecule has 0 saturated carbocycles. The van der Waals surface area contributed by atoms with E-state index in [4.69, 9.17) is 0 Å². The highest BCUT2D eigenvalue weighted by Gasteiger charge is 2.27. The number of aromatic nitrogens is 1. The molecule has 0 saturated heterocycles. The van der Waals surface area contributed by atoms with Crippen LogP contribution in [0.5, 0.6) is 0 Å². The minimum absolute atomic E-state index is 0.0853. The molecule has 2 aromatic carbocycles. The first-order chi connectivity index (χ1) is 12.5. The summed E-state index contributed by atoms with van der Waals surface area (Å²) in [5.74, 6) is -1.28. The number of thioether (sulfide) groups is 1. The van der Waals surface area contributed by atoms with E-state index in [-0.39, 0.29) is 17.7 Å². The summed E-state index contributed by atoms with van der Waals surface area (Å²) in [4.78, 5) is 12.4. The van der Waals surface area contributed by atoms with Crippen LogP contribution in [0.25, 0.3) is 10.9 Å². The van der Waals surface area contributed by atoms with Crippen molar-refractivity contribution in [2.75, 3.05) is 5.32 Å². The van der Waals surface area contributed by atoms with Crippen LogP contribution in [-0.4, -0.2) is 15.6 Å². The van der Waals surface area contributed by atoms with Gasteiger partial charge in [-0.15, -0.1) is 0 Å². The first-order valence-electron chi connectivity index (χ1n) is 8.57. The fourth-order valence-electron chi connectivity index (χ4n) is 3.25. The Balaban J connectivity index is 0.000000948. The quantitative estimate of drug-likeness (QED) is 0.645. The summed E-state index contributed by atoms with van der Waals surface area (Å²) in [7, 11) is 0. The van der Waals surface area contributed by atoms with Gasteiger partial charge in [0.1, 0.15) is 5.82 Å². The second-order valence-electron chi connectivity index (χ2n) is 5.78. The zero-order chi connectivity index (χ0) is 18.8. The van der Waals surface area contributed by atoms with Crippen LogP contribution in [0.2, 0.25) is 0 Å². The standard InChI is InChI=1S/C18H15FN2O2S.C2H6/c1-10-12(9-17(22)23)13-8-11(19)6-7-15(13)21(10)18-20-14-4-2-3-5-16(14)24-18;1-2/h2-8,18,20H,9H2,1H3,(H,22,23);1-2H3. The molecule has 2 N–H and O–H groups in total. The molecule has 1 unspecified atom stereocenters. The Labute approximate surface area is 156 Å². The zero-order valence-corrected chi connectivity index (χ0v) is 15.7. The Kier molecular flexibility index (Phi) is 5.23. The third-order valence-electron chi connectivity index (χ3n) is 4.31. The van der Waals surface area contributed by atoms with Gasteiger partial charge >= 0.3 is 5.97 Å². The number of benzene rings is 2. The van der Waals surface area contributed by atoms with Crippen molar-refractivity contribution in [1.82, 2.24) is 4.57 Å². The van der Waals surface area contributed by atoms with Crippen LogP contribution in [0, 0.1) is 12.7 Å². The normalized spacial score (nSPS) is 15.2. The minimum atomic E-state index is -0.920. The molecule has 0 spiro atoms. The first-order valence-corrected chi connectivity index (χ1v) is 9.45. The van der Waals surface area contributed by atoms with Crippen LogP contribution in [0.3, 0.4) is 0 Å². The molecule has 1 aromatic heterocycles. The molecule has 0 fully saturated rings. The van der Waals surface area contributed by atoms with E-state index in [0.717, 1.165) is 21.8 Å². The molecule has 136 valence electrons. The number of carbonyl (C=O) groups is 1. The fraction of sp³-hybridized carbons (Fsp3) is 0.250. The van der Waals surface area contributed by atoms with Gasteiger partial charge in [0, 0.05) is 16.0 Å². The molecule has 1 aliphatic rings. The van der Waals surface area contributed by atoms with Crippen molar-refractivity contribution in [2.24, 2.45) is 0 Å². The van der Waals surface area contributed by atoms with Crippen LogP contribution >= 0.6 is 11.8 Å². The van der Waals surface area contributed by atoms with Crippen molar-refractivity contribution in [3.05, 3.63) is 59.5 Å². The van der Waals surface area contributed by atoms with Gasteiger partial charge in [0.05, 0.1) is 17.6 Å². The third-order valence-corrected chi connectivity index (χ3v) is 5.47. The Morgan fingerprint density at radius 1 is 1.27 bits per heavy atom. The number of carboxylic acids is 1. The number of hydrogen-bond donors (Lipinski definition) is 2. The summed E-state index contributed by atoms with van der Waals surface area (Å²) in [6.45, 7) is 5.89. The second-order valence-corrected chi connectivity index (χ2v) is 6.90. The first kappa shape index (κ1) is 18.3. The van der Waals surface area contributed by atoms with Crippen molar-refractivity contribution in [1.29, 1.82) is 0 Å². The van der Waals surface area contributed by atoms with Crippen LogP contribution in [0.15, 0.2) is 47.4 Å². The smallest absolute Gasteiger partial charge is 0.307 e. The molecule has 1 aliphatic heterocycles. The van der Waals surface area contributed by atoms with Crippen molar-refractivity contribution in [3.8, 4) is 0 Å². The van der Waals surface area contributed by atoms with E-state index < -0.39 is 5.97 Å². The maximum atomic E-state index is 13.7. The summed E-state index contributed by atoms with van der Waals surface area (Å²) in [6, 6.07) is 12.6. The number of carboxylic acid groups (broad SMARTS) is 1. The van der Waals surface area contributed by atoms with Gasteiger partial charge in [0.2, 0.25) is 0 Å². The van der Waals surface area contributed by atoms with Gasteiger partial charge in [-0.2, -0.15) is 0 Å². The van der Waals surface area contributed by atoms with E-state index in [1.165, 1.54) is 12.1 Å². The van der Waals surface area contributed by atoms with Crippen LogP contribution in [0.1, 0.15) is 30.6 Å². The lowest BCUT2D eigenvalue weighted by Gasteiger charge is -2.17. The van der Waals surface area contributed by atoms with E-state index in [0.29, 0.717) is 10.9 Å². The molecule has 4 rings (SSSR count). The van der Waals surface area contributed by atoms with Gasteiger partial charge in [-0.05, 0) is 42.8 Å². The third kappa shape index (κ3) is 3.17. The lowest BCUT2D eigenvalue weighted by atomic mass is 10.1. The molecule has 4 nitrogen and oxygen atoms in total. The lowest BCUT2D eigenvalue weighted by Crippen LogP contribution is -2.13. The van der Waals surface area contributed by atoms with Gasteiger partial charge in [-0.3, -0.25) is 4.79 Å². The molecule has 26 heavy (non-hydrogen) atoms. The maximum absolute atomic E-state index is 13.7. The minimum Gasteiger partial charge on any atom is -0.481 e. The molecular weight excluding hydrogens is 351 g/mol. The van der Waals surface area contributed by atoms with Crippen LogP contribution in [0.4, 0.5) is 10.1 Å². The maximum Gasteiger partial charge on any atom is 0.307 e. The predicted molar refractivity (Wildman–Crippen MR) is 104 cm³/mol. The summed E-state index contributed by atoms with van der Waals surface area (Å²) in [5, 5.41) is 13.3. The average Bonchev–Trinajstić information content (AvgIpc) is 3.16. The Morgan fingerprint density at radius 3 is 2.69 bits per heavy atom. The van der Waals surface area contributed by atoms with E-state index in [2.05, 4.69) is 9.88 Å². The number of fused-ring (bicyclic) bond motifs is 2. The van der Waals surface area contributed by atoms with Gasteiger partial charge in [0.15, 0.2) is 5.50 Å². The summed E-state index contributed by atoms with van der Waals surface area (Å²) < 4.78 is 15.8. The second kappa shape index (κ2) is 7.41. The highest BCUT2D eigenvalue weighted by Crippen LogP contribution is 2.46. The largest absolute Gasteiger partial charge is 0.481 e. The summed E-state index contributed by atoms with van der Waals surface area (Å²) >= 11 is 1.67. The number of aliphatic carboxylic acids is 1. The van der Waals surface area contributed by atoms with Gasteiger partial charge in [0.25, 0.3) is 0 Å². The monoisotopic (exact) mass is 372 g/mol. The Morgan fingerprint density at radius 2 is 2.00 bits per heavy atom. The molecule has 0 bridgehead atoms. The Bertz CT molecular complexity index is 943. The Hall–Kier alpha value is -2.47. The highest BCUT2D eigenvalue weighted by molar-refractivity contribution is 8.00. The molecule has 6 heteroatoms. The van der Waals surface area contributed by atoms with Crippen molar-refractivity contribution in [2.45, 2.75) is 37.6 Å². The van der Waals surface area contributed by atoms with E-state index in [9.17, 15) is 14.3 Å². The van der Waals surface area contributed by atoms with Crippen molar-refractivity contribution < 1.29 is 14.3 Å². The number of nitrogens with zero attached hydrogens (tertiary/aromatic N) is 1. The van der Waals surface area contributed by atoms with Gasteiger partial charge in [-0.1, -0.05) is 37.7 Å². The predicted octanol–water partition coefficient (Wildman–Crippen LogP) is 5.42. The van der Waals surface area contributed by atoms with Crippen LogP contribution in [-0.2, 0) is 11.2 Å². The van der Waals surface area contributed by atoms with E-state index in [1.807, 2.05) is 45.0 Å². The average molecular weight is 372 g/mol. The van der Waals surface area contributed by atoms with Gasteiger partial charge in [-0.25, -0.2) is 4.39 Å². The number of anilines is 1. The molecule has 2 heterocycles. The summed E-state index contributed by atoms with van der Waals surface area (Å²) in [6.07, 6.45) is -0.122. The summed E-state index contributed by atoms with van der Waals surface area (Å²) in [5.41, 5.74) is 3.31. The molecular formula is C20H21FN2O2S. The fourth-order valence-corrected chi connectivity index (χ4v) is 4.46. The van der Waals surface area contributed by atoms with Crippen molar-refractivity contribution >= 4 is 34.3 Å². The molecule has 1 atom stereocenters. The SMILES string of the molecule is CC.Cc1c(CC(=O)O)c2cc(F)ccc2n1C1Nc2ccccc2S1. The molecule has 0 amide bonds. The van der Waals surface area contributed by atoms with Crippen molar-refractivity contribution in [3.63, 3.8) is 0 Å². The number of nitrogens with one attached hydrogen (secondary N) is 1. The van der Waals surface area contributed by atoms with E-state index >= 15 is 0 Å². The molecule has 3 aromatic rings. The van der Waals surface area contributed by atoms with Gasteiger partial charge < -0.3 is 15.0 Å². The van der Waals surface area contributed by atoms with Crippen LogP contribution < -0.4 is 5.32 Å². The number of para-hydroxylation sites is 1. The highest BCUT2D eigenvalue weighted by atomic mass is 32.2. The topological polar surface area (TPSA) is 54.3 Å². The lowest BCUT2D eigenvalue weighted by molar-refractivity contribution is -0.136. The zero-order valence-electron chi connectivity index (χ0n) is 14.9. The number of rotatable bonds is 3. The molecule has 0 radical (unpaired) electrons. The molecule has 0 aliphatic carbocycles. The number of halogens is 1.